The summed E-state index contributed by atoms with van der Waals surface area (Å²) in [5, 5.41) is 0. The number of aromatic nitrogens is 2. The summed E-state index contributed by atoms with van der Waals surface area (Å²) in [6, 6.07) is 0. The van der Waals surface area contributed by atoms with Gasteiger partial charge in [-0.2, -0.15) is 34.8 Å². The minimum Gasteiger partial charge on any atom is -0.351 e. The lowest BCUT2D eigenvalue weighted by molar-refractivity contribution is -0.171. The first-order valence-corrected chi connectivity index (χ1v) is 5.49. The lowest BCUT2D eigenvalue weighted by atomic mass is 10.6. The highest BCUT2D eigenvalue weighted by Gasteiger charge is 2.51. The van der Waals surface area contributed by atoms with Gasteiger partial charge in [-0.15, -0.1) is 0 Å². The number of hydrogen-bond acceptors (Lipinski definition) is 4. The minimum absolute atomic E-state index is 0.181. The average molecular weight is 313 g/mol. The van der Waals surface area contributed by atoms with Gasteiger partial charge in [0.2, 0.25) is 0 Å². The Morgan fingerprint density at radius 3 is 1.89 bits per heavy atom. The summed E-state index contributed by atoms with van der Waals surface area (Å²) < 4.78 is 87.9. The van der Waals surface area contributed by atoms with Crippen LogP contribution in [0, 0.1) is 0 Å². The zero-order valence-corrected chi connectivity index (χ0v) is 9.40. The van der Waals surface area contributed by atoms with Crippen molar-refractivity contribution in [3.05, 3.63) is 18.7 Å². The molecule has 1 aromatic heterocycles. The van der Waals surface area contributed by atoms with Crippen LogP contribution >= 0.6 is 0 Å². The molecular weight excluding hydrogens is 308 g/mol. The topological polar surface area (TPSA) is 91.9 Å². The summed E-state index contributed by atoms with van der Waals surface area (Å²) in [6.07, 6.45) is -0.613. The highest BCUT2D eigenvalue weighted by Crippen LogP contribution is 2.23. The number of imidazole rings is 1. The lowest BCUT2D eigenvalue weighted by Crippen LogP contribution is -2.46. The number of halogens is 6. The Morgan fingerprint density at radius 1 is 1.16 bits per heavy atom. The largest absolute Gasteiger partial charge is 0.516 e. The predicted molar refractivity (Wildman–Crippen MR) is 47.8 cm³/mol. The number of carbonyl (C=O) groups is 1. The quantitative estimate of drug-likeness (QED) is 0.754. The van der Waals surface area contributed by atoms with Crippen LogP contribution in [0.5, 0.6) is 0 Å². The number of sulfonamides is 1. The lowest BCUT2D eigenvalue weighted by Gasteiger charge is -2.10. The fraction of sp³-hybridized carbons (Fsp3) is 0.333. The van der Waals surface area contributed by atoms with Crippen LogP contribution in [-0.4, -0.2) is 36.0 Å². The SMILES string of the molecule is O=C(NS(=O)(=O)C(F)(F)F)C(F)(F)F.c1c[nH]cn1. The molecule has 0 saturated carbocycles. The third-order valence-corrected chi connectivity index (χ3v) is 2.26. The zero-order valence-electron chi connectivity index (χ0n) is 8.58. The molecule has 0 spiro atoms. The first-order chi connectivity index (χ1) is 8.38. The van der Waals surface area contributed by atoms with E-state index < -0.39 is 27.6 Å². The van der Waals surface area contributed by atoms with Crippen LogP contribution < -0.4 is 4.72 Å². The second-order valence-corrected chi connectivity index (χ2v) is 4.31. The van der Waals surface area contributed by atoms with Crippen LogP contribution in [0.25, 0.3) is 0 Å². The summed E-state index contributed by atoms with van der Waals surface area (Å²) in [5.74, 6) is -3.20. The maximum Gasteiger partial charge on any atom is 0.516 e. The van der Waals surface area contributed by atoms with Crippen LogP contribution in [-0.2, 0) is 14.8 Å². The molecule has 1 amide bonds. The van der Waals surface area contributed by atoms with E-state index in [-0.39, 0.29) is 4.72 Å². The molecule has 0 aromatic carbocycles. The number of nitrogens with zero attached hydrogens (tertiary/aromatic N) is 1. The summed E-state index contributed by atoms with van der Waals surface area (Å²) in [4.78, 5) is 16.2. The van der Waals surface area contributed by atoms with Crippen LogP contribution in [0.1, 0.15) is 0 Å². The van der Waals surface area contributed by atoms with E-state index in [0.717, 1.165) is 0 Å². The van der Waals surface area contributed by atoms with Crippen LogP contribution in [0.4, 0.5) is 26.3 Å². The first-order valence-electron chi connectivity index (χ1n) is 4.01. The molecule has 0 atom stereocenters. The van der Waals surface area contributed by atoms with E-state index in [1.165, 1.54) is 0 Å². The molecule has 2 N–H and O–H groups in total. The molecular formula is C6H5F6N3O3S. The molecule has 0 fully saturated rings. The van der Waals surface area contributed by atoms with E-state index in [1.807, 2.05) is 0 Å². The molecule has 0 radical (unpaired) electrons. The summed E-state index contributed by atoms with van der Waals surface area (Å²) >= 11 is 0. The van der Waals surface area contributed by atoms with Gasteiger partial charge in [0.1, 0.15) is 0 Å². The summed E-state index contributed by atoms with van der Waals surface area (Å²) in [5.41, 5.74) is -5.96. The molecule has 0 aliphatic rings. The second kappa shape index (κ2) is 5.90. The first kappa shape index (κ1) is 17.2. The number of H-pyrrole nitrogens is 1. The van der Waals surface area contributed by atoms with Gasteiger partial charge in [-0.3, -0.25) is 4.79 Å². The zero-order chi connectivity index (χ0) is 15.3. The van der Waals surface area contributed by atoms with E-state index >= 15 is 0 Å². The van der Waals surface area contributed by atoms with Gasteiger partial charge in [0.15, 0.2) is 0 Å². The molecule has 1 aromatic rings. The van der Waals surface area contributed by atoms with E-state index in [1.54, 1.807) is 18.7 Å². The Hall–Kier alpha value is -1.79. The fourth-order valence-corrected chi connectivity index (χ4v) is 0.928. The second-order valence-electron chi connectivity index (χ2n) is 2.64. The minimum atomic E-state index is -6.30. The molecule has 1 heterocycles. The summed E-state index contributed by atoms with van der Waals surface area (Å²) in [6.45, 7) is 0. The molecule has 0 aliphatic carbocycles. The van der Waals surface area contributed by atoms with Crippen LogP contribution in [0.15, 0.2) is 18.7 Å². The Labute approximate surface area is 101 Å². The van der Waals surface area contributed by atoms with Gasteiger partial charge in [-0.1, -0.05) is 0 Å². The standard InChI is InChI=1S/C3HF6NO3S.C3H4N2/c4-2(5,6)1(11)10-14(12,13)3(7,8)9;1-2-5-3-4-1/h(H,10,11);1-3H,(H,4,5). The van der Waals surface area contributed by atoms with Gasteiger partial charge in [-0.05, 0) is 0 Å². The van der Waals surface area contributed by atoms with Gasteiger partial charge >= 0.3 is 27.6 Å². The van der Waals surface area contributed by atoms with Crippen molar-refractivity contribution in [2.45, 2.75) is 11.7 Å². The number of carbonyl (C=O) groups excluding carboxylic acids is 1. The number of nitrogens with one attached hydrogen (secondary N) is 2. The van der Waals surface area contributed by atoms with Crippen LogP contribution in [0.2, 0.25) is 0 Å². The Kier molecular flexibility index (Phi) is 5.34. The van der Waals surface area contributed by atoms with Crippen molar-refractivity contribution in [2.75, 3.05) is 0 Å². The molecule has 110 valence electrons. The third kappa shape index (κ3) is 6.08. The van der Waals surface area contributed by atoms with Crippen molar-refractivity contribution >= 4 is 15.9 Å². The Balaban J connectivity index is 0.000000532. The average Bonchev–Trinajstić information content (AvgIpc) is 2.70. The number of alkyl halides is 6. The molecule has 0 bridgehead atoms. The van der Waals surface area contributed by atoms with Gasteiger partial charge in [0.05, 0.1) is 6.33 Å². The van der Waals surface area contributed by atoms with Crippen molar-refractivity contribution in [1.82, 2.24) is 14.7 Å². The monoisotopic (exact) mass is 313 g/mol. The van der Waals surface area contributed by atoms with E-state index in [9.17, 15) is 39.6 Å². The molecule has 13 heteroatoms. The maximum atomic E-state index is 11.4. The Bertz CT molecular complexity index is 474. The smallest absolute Gasteiger partial charge is 0.351 e. The van der Waals surface area contributed by atoms with Crippen molar-refractivity contribution in [3.63, 3.8) is 0 Å². The maximum absolute atomic E-state index is 11.4. The van der Waals surface area contributed by atoms with Crippen molar-refractivity contribution in [1.29, 1.82) is 0 Å². The molecule has 6 nitrogen and oxygen atoms in total. The number of hydrogen-bond donors (Lipinski definition) is 2. The molecule has 0 aliphatic heterocycles. The van der Waals surface area contributed by atoms with Crippen molar-refractivity contribution in [2.24, 2.45) is 0 Å². The predicted octanol–water partition coefficient (Wildman–Crippen LogP) is 0.924. The molecule has 19 heavy (non-hydrogen) atoms. The van der Waals surface area contributed by atoms with E-state index in [4.69, 9.17) is 0 Å². The van der Waals surface area contributed by atoms with Gasteiger partial charge < -0.3 is 4.98 Å². The number of aromatic amines is 1. The normalized spacial score (nSPS) is 12.3. The van der Waals surface area contributed by atoms with E-state index in [2.05, 4.69) is 9.97 Å². The van der Waals surface area contributed by atoms with E-state index in [0.29, 0.717) is 0 Å². The highest BCUT2D eigenvalue weighted by molar-refractivity contribution is 7.90. The van der Waals surface area contributed by atoms with Gasteiger partial charge in [-0.25, -0.2) is 9.71 Å². The molecule has 1 rings (SSSR count). The fourth-order valence-electron chi connectivity index (χ4n) is 0.453. The highest BCUT2D eigenvalue weighted by atomic mass is 32.2. The van der Waals surface area contributed by atoms with Gasteiger partial charge in [0, 0.05) is 12.4 Å². The number of amides is 1. The van der Waals surface area contributed by atoms with Crippen LogP contribution in [0.3, 0.4) is 0 Å². The molecule has 0 saturated heterocycles. The third-order valence-electron chi connectivity index (χ3n) is 1.20. The Morgan fingerprint density at radius 2 is 1.68 bits per heavy atom. The van der Waals surface area contributed by atoms with Gasteiger partial charge in [0.25, 0.3) is 0 Å². The molecule has 0 unspecified atom stereocenters. The van der Waals surface area contributed by atoms with Crippen molar-refractivity contribution in [3.8, 4) is 0 Å². The number of rotatable bonds is 1. The summed E-state index contributed by atoms with van der Waals surface area (Å²) in [7, 11) is -6.30. The van der Waals surface area contributed by atoms with Crippen molar-refractivity contribution < 1.29 is 39.6 Å².